The molecule has 0 fully saturated rings. The molecule has 2 rings (SSSR count). The number of aryl methyl sites for hydroxylation is 1. The summed E-state index contributed by atoms with van der Waals surface area (Å²) in [6, 6.07) is 4.05. The van der Waals surface area contributed by atoms with Crippen LogP contribution in [0.2, 0.25) is 0 Å². The van der Waals surface area contributed by atoms with Crippen LogP contribution >= 0.6 is 0 Å². The zero-order chi connectivity index (χ0) is 8.01. The lowest BCUT2D eigenvalue weighted by Crippen LogP contribution is -2.21. The van der Waals surface area contributed by atoms with Crippen molar-refractivity contribution in [2.75, 3.05) is 7.05 Å². The third-order valence-corrected chi connectivity index (χ3v) is 2.07. The molecule has 0 radical (unpaired) electrons. The summed E-state index contributed by atoms with van der Waals surface area (Å²) in [5.41, 5.74) is 2.12. The van der Waals surface area contributed by atoms with E-state index in [1.165, 1.54) is 0 Å². The van der Waals surface area contributed by atoms with Crippen LogP contribution in [-0.2, 0) is 6.54 Å². The number of hydrogen-bond donors (Lipinski definition) is 0. The molecule has 1 aromatic heterocycles. The minimum absolute atomic E-state index is 0.0856. The lowest BCUT2D eigenvalue weighted by atomic mass is 10.4. The monoisotopic (exact) mass is 150 g/mol. The molecule has 0 bridgehead atoms. The van der Waals surface area contributed by atoms with Crippen molar-refractivity contribution in [3.63, 3.8) is 0 Å². The predicted octanol–water partition coefficient (Wildman–Crippen LogP) is 1.21. The average Bonchev–Trinajstić information content (AvgIpc) is 2.41. The Morgan fingerprint density at radius 1 is 1.45 bits per heavy atom. The molecule has 0 saturated heterocycles. The number of nitrogens with zero attached hydrogens (tertiary/aromatic N) is 2. The van der Waals surface area contributed by atoms with Gasteiger partial charge in [-0.05, 0) is 19.1 Å². The SMILES string of the molecule is Cc1ccc2n1C(=O)N(C)C2. The van der Waals surface area contributed by atoms with Gasteiger partial charge < -0.3 is 4.90 Å². The van der Waals surface area contributed by atoms with E-state index in [4.69, 9.17) is 0 Å². The van der Waals surface area contributed by atoms with E-state index in [1.54, 1.807) is 9.47 Å². The Morgan fingerprint density at radius 3 is 2.82 bits per heavy atom. The molecule has 11 heavy (non-hydrogen) atoms. The van der Waals surface area contributed by atoms with Gasteiger partial charge in [-0.1, -0.05) is 0 Å². The highest BCUT2D eigenvalue weighted by molar-refractivity contribution is 5.81. The number of carbonyl (C=O) groups is 1. The van der Waals surface area contributed by atoms with Crippen molar-refractivity contribution in [1.29, 1.82) is 0 Å². The fraction of sp³-hybridized carbons (Fsp3) is 0.375. The van der Waals surface area contributed by atoms with E-state index >= 15 is 0 Å². The second kappa shape index (κ2) is 1.87. The molecule has 0 N–H and O–H groups in total. The van der Waals surface area contributed by atoms with Crippen molar-refractivity contribution >= 4 is 6.03 Å². The summed E-state index contributed by atoms with van der Waals surface area (Å²) in [7, 11) is 1.81. The Labute approximate surface area is 65.2 Å². The fourth-order valence-corrected chi connectivity index (χ4v) is 1.47. The molecule has 3 heteroatoms. The molecule has 58 valence electrons. The van der Waals surface area contributed by atoms with Crippen molar-refractivity contribution < 1.29 is 4.79 Å². The first kappa shape index (κ1) is 6.46. The molecule has 0 aromatic carbocycles. The molecule has 1 aliphatic rings. The first-order valence-electron chi connectivity index (χ1n) is 3.63. The molecule has 1 amide bonds. The van der Waals surface area contributed by atoms with Crippen LogP contribution < -0.4 is 0 Å². The second-order valence-corrected chi connectivity index (χ2v) is 2.94. The third-order valence-electron chi connectivity index (χ3n) is 2.07. The van der Waals surface area contributed by atoms with E-state index < -0.39 is 0 Å². The summed E-state index contributed by atoms with van der Waals surface area (Å²) in [5, 5.41) is 0. The molecule has 0 unspecified atom stereocenters. The van der Waals surface area contributed by atoms with E-state index in [2.05, 4.69) is 0 Å². The van der Waals surface area contributed by atoms with Gasteiger partial charge in [-0.15, -0.1) is 0 Å². The standard InChI is InChI=1S/C8H10N2O/c1-6-3-4-7-5-9(2)8(11)10(6)7/h3-4H,5H2,1-2H3. The Balaban J connectivity index is 2.58. The molecule has 0 aliphatic carbocycles. The zero-order valence-corrected chi connectivity index (χ0v) is 6.66. The first-order valence-corrected chi connectivity index (χ1v) is 3.63. The van der Waals surface area contributed by atoms with E-state index in [0.29, 0.717) is 0 Å². The van der Waals surface area contributed by atoms with Crippen molar-refractivity contribution in [3.05, 3.63) is 23.5 Å². The minimum Gasteiger partial charge on any atom is -0.321 e. The van der Waals surface area contributed by atoms with Crippen LogP contribution in [-0.4, -0.2) is 22.5 Å². The van der Waals surface area contributed by atoms with Gasteiger partial charge in [0.05, 0.1) is 6.54 Å². The van der Waals surface area contributed by atoms with Crippen LogP contribution in [0.3, 0.4) is 0 Å². The summed E-state index contributed by atoms with van der Waals surface area (Å²) < 4.78 is 1.75. The van der Waals surface area contributed by atoms with Crippen LogP contribution in [0.4, 0.5) is 4.79 Å². The summed E-state index contributed by atoms with van der Waals surface area (Å²) in [6.45, 7) is 2.69. The second-order valence-electron chi connectivity index (χ2n) is 2.94. The largest absolute Gasteiger partial charge is 0.328 e. The van der Waals surface area contributed by atoms with Gasteiger partial charge in [0.1, 0.15) is 0 Å². The zero-order valence-electron chi connectivity index (χ0n) is 6.66. The van der Waals surface area contributed by atoms with Gasteiger partial charge in [-0.3, -0.25) is 4.57 Å². The van der Waals surface area contributed by atoms with Gasteiger partial charge in [-0.25, -0.2) is 4.79 Å². The van der Waals surface area contributed by atoms with Crippen LogP contribution in [0.1, 0.15) is 11.4 Å². The lowest BCUT2D eigenvalue weighted by molar-refractivity contribution is 0.219. The highest BCUT2D eigenvalue weighted by atomic mass is 16.2. The molecular weight excluding hydrogens is 140 g/mol. The topological polar surface area (TPSA) is 25.2 Å². The van der Waals surface area contributed by atoms with Gasteiger partial charge in [0.2, 0.25) is 0 Å². The fourth-order valence-electron chi connectivity index (χ4n) is 1.47. The molecule has 1 aliphatic heterocycles. The number of rotatable bonds is 0. The lowest BCUT2D eigenvalue weighted by Gasteiger charge is -2.05. The molecule has 1 aromatic rings. The van der Waals surface area contributed by atoms with Gasteiger partial charge >= 0.3 is 6.03 Å². The summed E-state index contributed by atoms with van der Waals surface area (Å²) in [5.74, 6) is 0. The number of hydrogen-bond acceptors (Lipinski definition) is 1. The number of amides is 1. The van der Waals surface area contributed by atoms with Crippen molar-refractivity contribution in [2.45, 2.75) is 13.5 Å². The van der Waals surface area contributed by atoms with E-state index in [0.717, 1.165) is 17.9 Å². The molecular formula is C8H10N2O. The Kier molecular flexibility index (Phi) is 1.10. The first-order chi connectivity index (χ1) is 5.20. The van der Waals surface area contributed by atoms with Gasteiger partial charge in [-0.2, -0.15) is 0 Å². The van der Waals surface area contributed by atoms with E-state index in [1.807, 2.05) is 26.1 Å². The Hall–Kier alpha value is -1.25. The number of fused-ring (bicyclic) bond motifs is 1. The number of aromatic nitrogens is 1. The number of carbonyl (C=O) groups excluding carboxylic acids is 1. The van der Waals surface area contributed by atoms with Gasteiger partial charge in [0, 0.05) is 18.4 Å². The normalized spacial score (nSPS) is 15.8. The highest BCUT2D eigenvalue weighted by Gasteiger charge is 2.24. The highest BCUT2D eigenvalue weighted by Crippen LogP contribution is 2.17. The van der Waals surface area contributed by atoms with Crippen LogP contribution in [0.25, 0.3) is 0 Å². The molecule has 2 heterocycles. The smallest absolute Gasteiger partial charge is 0.321 e. The molecule has 0 atom stereocenters. The maximum Gasteiger partial charge on any atom is 0.328 e. The van der Waals surface area contributed by atoms with Gasteiger partial charge in [0.15, 0.2) is 0 Å². The molecule has 0 saturated carbocycles. The average molecular weight is 150 g/mol. The van der Waals surface area contributed by atoms with E-state index in [-0.39, 0.29) is 6.03 Å². The summed E-state index contributed by atoms with van der Waals surface area (Å²) in [6.07, 6.45) is 0. The minimum atomic E-state index is 0.0856. The Bertz CT molecular complexity index is 314. The third kappa shape index (κ3) is 0.707. The van der Waals surface area contributed by atoms with Crippen LogP contribution in [0.15, 0.2) is 12.1 Å². The maximum atomic E-state index is 11.4. The molecule has 3 nitrogen and oxygen atoms in total. The van der Waals surface area contributed by atoms with Gasteiger partial charge in [0.25, 0.3) is 0 Å². The predicted molar refractivity (Wildman–Crippen MR) is 41.4 cm³/mol. The van der Waals surface area contributed by atoms with Crippen LogP contribution in [0, 0.1) is 6.92 Å². The van der Waals surface area contributed by atoms with Crippen molar-refractivity contribution in [1.82, 2.24) is 9.47 Å². The van der Waals surface area contributed by atoms with Crippen molar-refractivity contribution in [3.8, 4) is 0 Å². The Morgan fingerprint density at radius 2 is 2.18 bits per heavy atom. The van der Waals surface area contributed by atoms with Crippen molar-refractivity contribution in [2.24, 2.45) is 0 Å². The summed E-state index contributed by atoms with van der Waals surface area (Å²) >= 11 is 0. The maximum absolute atomic E-state index is 11.4. The van der Waals surface area contributed by atoms with Crippen LogP contribution in [0.5, 0.6) is 0 Å². The van der Waals surface area contributed by atoms with E-state index in [9.17, 15) is 4.79 Å². The summed E-state index contributed by atoms with van der Waals surface area (Å²) in [4.78, 5) is 13.1. The molecule has 0 spiro atoms. The quantitative estimate of drug-likeness (QED) is 0.545.